The van der Waals surface area contributed by atoms with E-state index in [4.69, 9.17) is 14.2 Å². The summed E-state index contributed by atoms with van der Waals surface area (Å²) in [5.74, 6) is 1.06. The van der Waals surface area contributed by atoms with Gasteiger partial charge in [0, 0.05) is 11.8 Å². The van der Waals surface area contributed by atoms with E-state index in [1.807, 2.05) is 0 Å². The third kappa shape index (κ3) is 5.27. The summed E-state index contributed by atoms with van der Waals surface area (Å²) in [5.41, 5.74) is 0.821. The van der Waals surface area contributed by atoms with E-state index in [9.17, 15) is 13.2 Å². The number of rotatable bonds is 8. The average Bonchev–Trinajstić information content (AvgIpc) is 2.65. The van der Waals surface area contributed by atoms with E-state index < -0.39 is 15.9 Å². The first-order chi connectivity index (χ1) is 12.8. The summed E-state index contributed by atoms with van der Waals surface area (Å²) in [6.45, 7) is -0.375. The zero-order valence-electron chi connectivity index (χ0n) is 15.6. The van der Waals surface area contributed by atoms with Crippen LogP contribution < -0.4 is 23.8 Å². The van der Waals surface area contributed by atoms with Crippen LogP contribution in [0, 0.1) is 0 Å². The van der Waals surface area contributed by atoms with Crippen LogP contribution in [0.5, 0.6) is 17.2 Å². The molecule has 0 spiro atoms. The molecule has 0 bridgehead atoms. The number of nitrogens with zero attached hydrogens (tertiary/aromatic N) is 1. The van der Waals surface area contributed by atoms with Crippen LogP contribution in [0.2, 0.25) is 0 Å². The first-order valence-electron chi connectivity index (χ1n) is 7.92. The molecule has 0 fully saturated rings. The van der Waals surface area contributed by atoms with Gasteiger partial charge in [-0.2, -0.15) is 0 Å². The Morgan fingerprint density at radius 2 is 1.59 bits per heavy atom. The number of carbonyl (C=O) groups excluding carboxylic acids is 1. The average molecular weight is 394 g/mol. The second-order valence-electron chi connectivity index (χ2n) is 5.59. The molecule has 2 aromatic rings. The van der Waals surface area contributed by atoms with Gasteiger partial charge in [0.05, 0.1) is 33.3 Å². The molecule has 0 radical (unpaired) electrons. The summed E-state index contributed by atoms with van der Waals surface area (Å²) >= 11 is 0. The molecule has 27 heavy (non-hydrogen) atoms. The van der Waals surface area contributed by atoms with Gasteiger partial charge < -0.3 is 19.5 Å². The van der Waals surface area contributed by atoms with Crippen molar-refractivity contribution in [3.8, 4) is 17.2 Å². The van der Waals surface area contributed by atoms with E-state index >= 15 is 0 Å². The number of anilines is 2. The van der Waals surface area contributed by atoms with Gasteiger partial charge in [-0.05, 0) is 36.4 Å². The van der Waals surface area contributed by atoms with Crippen LogP contribution in [0.1, 0.15) is 0 Å². The lowest BCUT2D eigenvalue weighted by Crippen LogP contribution is -2.37. The quantitative estimate of drug-likeness (QED) is 0.737. The van der Waals surface area contributed by atoms with Crippen molar-refractivity contribution < 1.29 is 27.4 Å². The summed E-state index contributed by atoms with van der Waals surface area (Å²) in [6.07, 6.45) is 1.04. The van der Waals surface area contributed by atoms with Crippen LogP contribution in [-0.4, -0.2) is 48.5 Å². The summed E-state index contributed by atoms with van der Waals surface area (Å²) in [4.78, 5) is 12.4. The zero-order chi connectivity index (χ0) is 20.0. The van der Waals surface area contributed by atoms with E-state index in [0.29, 0.717) is 28.6 Å². The molecule has 2 aromatic carbocycles. The van der Waals surface area contributed by atoms with Gasteiger partial charge in [-0.15, -0.1) is 0 Å². The fraction of sp³-hybridized carbons (Fsp3) is 0.278. The van der Waals surface area contributed by atoms with Crippen LogP contribution in [0.4, 0.5) is 11.4 Å². The van der Waals surface area contributed by atoms with Crippen molar-refractivity contribution in [3.63, 3.8) is 0 Å². The standard InChI is InChI=1S/C18H22N2O6S/c1-24-15-8-6-14(7-9-15)20(27(4,22)23)12-18(21)19-13-5-10-16(25-2)17(11-13)26-3/h5-11H,12H2,1-4H3,(H,19,21). The van der Waals surface area contributed by atoms with Crippen LogP contribution >= 0.6 is 0 Å². The monoisotopic (exact) mass is 394 g/mol. The molecule has 1 amide bonds. The minimum atomic E-state index is -3.66. The number of methoxy groups -OCH3 is 3. The topological polar surface area (TPSA) is 94.2 Å². The van der Waals surface area contributed by atoms with Crippen molar-refractivity contribution in [1.82, 2.24) is 0 Å². The highest BCUT2D eigenvalue weighted by molar-refractivity contribution is 7.92. The minimum Gasteiger partial charge on any atom is -0.497 e. The molecule has 0 heterocycles. The van der Waals surface area contributed by atoms with E-state index in [-0.39, 0.29) is 6.54 Å². The van der Waals surface area contributed by atoms with Crippen molar-refractivity contribution in [2.75, 3.05) is 43.8 Å². The maximum atomic E-state index is 12.4. The molecule has 0 saturated carbocycles. The summed E-state index contributed by atoms with van der Waals surface area (Å²) in [5, 5.41) is 2.66. The molecular formula is C18H22N2O6S. The van der Waals surface area contributed by atoms with E-state index in [1.165, 1.54) is 21.3 Å². The second-order valence-corrected chi connectivity index (χ2v) is 7.49. The third-order valence-electron chi connectivity index (χ3n) is 3.72. The zero-order valence-corrected chi connectivity index (χ0v) is 16.4. The molecule has 0 aliphatic heterocycles. The maximum absolute atomic E-state index is 12.4. The van der Waals surface area contributed by atoms with Gasteiger partial charge in [0.25, 0.3) is 0 Å². The summed E-state index contributed by atoms with van der Waals surface area (Å²) in [7, 11) is 0.846. The number of ether oxygens (including phenoxy) is 3. The highest BCUT2D eigenvalue weighted by atomic mass is 32.2. The summed E-state index contributed by atoms with van der Waals surface area (Å²) < 4.78 is 40.7. The second kappa shape index (κ2) is 8.63. The highest BCUT2D eigenvalue weighted by Gasteiger charge is 2.21. The number of amides is 1. The Balaban J connectivity index is 2.19. The fourth-order valence-corrected chi connectivity index (χ4v) is 3.25. The molecule has 9 heteroatoms. The Kier molecular flexibility index (Phi) is 6.51. The first kappa shape index (κ1) is 20.4. The Morgan fingerprint density at radius 1 is 0.963 bits per heavy atom. The number of sulfonamides is 1. The van der Waals surface area contributed by atoms with Crippen LogP contribution in [0.3, 0.4) is 0 Å². The smallest absolute Gasteiger partial charge is 0.245 e. The molecule has 1 N–H and O–H groups in total. The molecule has 0 aromatic heterocycles. The molecule has 0 saturated heterocycles. The van der Waals surface area contributed by atoms with E-state index in [0.717, 1.165) is 10.6 Å². The Hall–Kier alpha value is -2.94. The molecule has 0 aliphatic rings. The Bertz CT molecular complexity index is 897. The van der Waals surface area contributed by atoms with Crippen LogP contribution in [-0.2, 0) is 14.8 Å². The predicted molar refractivity (Wildman–Crippen MR) is 103 cm³/mol. The molecular weight excluding hydrogens is 372 g/mol. The minimum absolute atomic E-state index is 0.362. The molecule has 0 unspecified atom stereocenters. The molecule has 0 atom stereocenters. The van der Waals surface area contributed by atoms with Crippen LogP contribution in [0.25, 0.3) is 0 Å². The van der Waals surface area contributed by atoms with Gasteiger partial charge in [-0.1, -0.05) is 0 Å². The number of nitrogens with one attached hydrogen (secondary N) is 1. The maximum Gasteiger partial charge on any atom is 0.245 e. The molecule has 146 valence electrons. The van der Waals surface area contributed by atoms with Gasteiger partial charge in [-0.25, -0.2) is 8.42 Å². The van der Waals surface area contributed by atoms with Crippen molar-refractivity contribution in [2.45, 2.75) is 0 Å². The first-order valence-corrected chi connectivity index (χ1v) is 9.77. The van der Waals surface area contributed by atoms with Crippen molar-refractivity contribution in [2.24, 2.45) is 0 Å². The lowest BCUT2D eigenvalue weighted by Gasteiger charge is -2.22. The molecule has 0 aliphatic carbocycles. The van der Waals surface area contributed by atoms with Crippen molar-refractivity contribution in [3.05, 3.63) is 42.5 Å². The van der Waals surface area contributed by atoms with Gasteiger partial charge in [0.15, 0.2) is 11.5 Å². The number of benzene rings is 2. The van der Waals surface area contributed by atoms with Crippen LogP contribution in [0.15, 0.2) is 42.5 Å². The molecule has 2 rings (SSSR count). The summed E-state index contributed by atoms with van der Waals surface area (Å²) in [6, 6.07) is 11.3. The number of hydrogen-bond donors (Lipinski definition) is 1. The molecule has 8 nitrogen and oxygen atoms in total. The van der Waals surface area contributed by atoms with E-state index in [2.05, 4.69) is 5.32 Å². The SMILES string of the molecule is COc1ccc(N(CC(=O)Nc2ccc(OC)c(OC)c2)S(C)(=O)=O)cc1. The van der Waals surface area contributed by atoms with Gasteiger partial charge in [-0.3, -0.25) is 9.10 Å². The van der Waals surface area contributed by atoms with Gasteiger partial charge in [0.2, 0.25) is 15.9 Å². The van der Waals surface area contributed by atoms with Gasteiger partial charge in [0.1, 0.15) is 12.3 Å². The highest BCUT2D eigenvalue weighted by Crippen LogP contribution is 2.29. The van der Waals surface area contributed by atoms with Gasteiger partial charge >= 0.3 is 0 Å². The fourth-order valence-electron chi connectivity index (χ4n) is 2.39. The third-order valence-corrected chi connectivity index (χ3v) is 4.86. The Morgan fingerprint density at radius 3 is 2.11 bits per heavy atom. The number of carbonyl (C=O) groups is 1. The van der Waals surface area contributed by atoms with E-state index in [1.54, 1.807) is 42.5 Å². The largest absolute Gasteiger partial charge is 0.497 e. The lowest BCUT2D eigenvalue weighted by molar-refractivity contribution is -0.114. The predicted octanol–water partition coefficient (Wildman–Crippen LogP) is 2.12. The normalized spacial score (nSPS) is 10.8. The van der Waals surface area contributed by atoms with Crippen molar-refractivity contribution in [1.29, 1.82) is 0 Å². The lowest BCUT2D eigenvalue weighted by atomic mass is 10.2. The number of hydrogen-bond acceptors (Lipinski definition) is 6. The Labute approximate surface area is 158 Å². The van der Waals surface area contributed by atoms with Crippen molar-refractivity contribution >= 4 is 27.3 Å².